The number of phenolic OH excluding ortho intramolecular Hbond substituents is 1. The summed E-state index contributed by atoms with van der Waals surface area (Å²) in [7, 11) is 0. The summed E-state index contributed by atoms with van der Waals surface area (Å²) in [6, 6.07) is 13.8. The fraction of sp³-hybridized carbons (Fsp3) is 0.200. The van der Waals surface area contributed by atoms with Gasteiger partial charge in [0, 0.05) is 18.2 Å². The third-order valence-electron chi connectivity index (χ3n) is 2.96. The molecule has 0 saturated carbocycles. The monoisotopic (exact) mass is 245 g/mol. The van der Waals surface area contributed by atoms with Gasteiger partial charge in [-0.1, -0.05) is 30.3 Å². The van der Waals surface area contributed by atoms with E-state index in [1.165, 1.54) is 12.1 Å². The first-order valence-electron chi connectivity index (χ1n) is 5.92. The molecule has 2 N–H and O–H groups in total. The maximum atomic E-state index is 12.8. The van der Waals surface area contributed by atoms with Gasteiger partial charge in [-0.3, -0.25) is 0 Å². The lowest BCUT2D eigenvalue weighted by molar-refractivity contribution is 0.460. The van der Waals surface area contributed by atoms with Crippen LogP contribution in [0.3, 0.4) is 0 Å². The number of phenols is 1. The van der Waals surface area contributed by atoms with Crippen molar-refractivity contribution in [2.24, 2.45) is 0 Å². The molecular weight excluding hydrogens is 229 g/mol. The van der Waals surface area contributed by atoms with Crippen molar-refractivity contribution >= 4 is 0 Å². The van der Waals surface area contributed by atoms with E-state index in [0.29, 0.717) is 6.54 Å². The van der Waals surface area contributed by atoms with E-state index in [-0.39, 0.29) is 17.6 Å². The molecule has 2 aromatic rings. The molecule has 0 fully saturated rings. The Hall–Kier alpha value is -1.87. The highest BCUT2D eigenvalue weighted by atomic mass is 19.1. The van der Waals surface area contributed by atoms with Crippen LogP contribution in [-0.2, 0) is 6.54 Å². The van der Waals surface area contributed by atoms with Crippen molar-refractivity contribution < 1.29 is 9.50 Å². The van der Waals surface area contributed by atoms with Crippen molar-refractivity contribution in [3.63, 3.8) is 0 Å². The highest BCUT2D eigenvalue weighted by Gasteiger charge is 2.06. The molecule has 0 aliphatic heterocycles. The summed E-state index contributed by atoms with van der Waals surface area (Å²) < 4.78 is 12.8. The molecule has 2 nitrogen and oxygen atoms in total. The Kier molecular flexibility index (Phi) is 3.95. The largest absolute Gasteiger partial charge is 0.508 e. The molecule has 18 heavy (non-hydrogen) atoms. The summed E-state index contributed by atoms with van der Waals surface area (Å²) >= 11 is 0. The smallest absolute Gasteiger partial charge is 0.123 e. The minimum atomic E-state index is -0.230. The number of aromatic hydroxyl groups is 1. The van der Waals surface area contributed by atoms with Crippen LogP contribution < -0.4 is 5.32 Å². The van der Waals surface area contributed by atoms with Crippen molar-refractivity contribution in [3.8, 4) is 5.75 Å². The molecule has 0 aromatic heterocycles. The van der Waals surface area contributed by atoms with Crippen molar-refractivity contribution in [2.45, 2.75) is 19.5 Å². The molecule has 0 spiro atoms. The number of hydrogen-bond acceptors (Lipinski definition) is 2. The quantitative estimate of drug-likeness (QED) is 0.865. The Morgan fingerprint density at radius 1 is 1.11 bits per heavy atom. The van der Waals surface area contributed by atoms with Gasteiger partial charge in [-0.05, 0) is 30.7 Å². The number of benzene rings is 2. The number of hydrogen-bond donors (Lipinski definition) is 2. The summed E-state index contributed by atoms with van der Waals surface area (Å²) in [6.07, 6.45) is 0. The van der Waals surface area contributed by atoms with Crippen LogP contribution in [0.15, 0.2) is 48.5 Å². The molecule has 0 radical (unpaired) electrons. The maximum Gasteiger partial charge on any atom is 0.123 e. The second-order valence-corrected chi connectivity index (χ2v) is 4.28. The number of halogens is 1. The second kappa shape index (κ2) is 5.65. The van der Waals surface area contributed by atoms with Crippen LogP contribution in [0.4, 0.5) is 4.39 Å². The molecule has 2 rings (SSSR count). The molecule has 94 valence electrons. The van der Waals surface area contributed by atoms with E-state index < -0.39 is 0 Å². The first kappa shape index (κ1) is 12.6. The van der Waals surface area contributed by atoms with Crippen LogP contribution >= 0.6 is 0 Å². The van der Waals surface area contributed by atoms with Crippen LogP contribution in [0.1, 0.15) is 24.1 Å². The summed E-state index contributed by atoms with van der Waals surface area (Å²) in [6.45, 7) is 2.58. The Labute approximate surface area is 106 Å². The third-order valence-corrected chi connectivity index (χ3v) is 2.96. The molecular formula is C15H16FNO. The number of rotatable bonds is 4. The average Bonchev–Trinajstić information content (AvgIpc) is 2.38. The highest BCUT2D eigenvalue weighted by Crippen LogP contribution is 2.18. The lowest BCUT2D eigenvalue weighted by Crippen LogP contribution is -2.18. The minimum absolute atomic E-state index is 0.102. The van der Waals surface area contributed by atoms with E-state index in [9.17, 15) is 9.50 Å². The van der Waals surface area contributed by atoms with Gasteiger partial charge in [0.25, 0.3) is 0 Å². The zero-order chi connectivity index (χ0) is 13.0. The van der Waals surface area contributed by atoms with Gasteiger partial charge >= 0.3 is 0 Å². The molecule has 0 amide bonds. The van der Waals surface area contributed by atoms with Gasteiger partial charge in [-0.2, -0.15) is 0 Å². The van der Waals surface area contributed by atoms with Gasteiger partial charge in [-0.25, -0.2) is 4.39 Å². The molecule has 3 heteroatoms. The van der Waals surface area contributed by atoms with Gasteiger partial charge in [0.15, 0.2) is 0 Å². The molecule has 0 bridgehead atoms. The van der Waals surface area contributed by atoms with Gasteiger partial charge in [0.2, 0.25) is 0 Å². The van der Waals surface area contributed by atoms with Crippen LogP contribution in [0.5, 0.6) is 5.75 Å². The highest BCUT2D eigenvalue weighted by molar-refractivity contribution is 5.31. The summed E-state index contributed by atoms with van der Waals surface area (Å²) in [5.74, 6) is 0.0583. The zero-order valence-electron chi connectivity index (χ0n) is 10.2. The molecule has 0 aliphatic carbocycles. The SMILES string of the molecule is C[C@H](NCc1ccccc1O)c1ccc(F)cc1. The molecule has 0 unspecified atom stereocenters. The fourth-order valence-electron chi connectivity index (χ4n) is 1.79. The Bertz CT molecular complexity index is 510. The van der Waals surface area contributed by atoms with Crippen molar-refractivity contribution in [1.29, 1.82) is 0 Å². The molecule has 0 aliphatic rings. The fourth-order valence-corrected chi connectivity index (χ4v) is 1.79. The van der Waals surface area contributed by atoms with Crippen molar-refractivity contribution in [3.05, 3.63) is 65.5 Å². The predicted octanol–water partition coefficient (Wildman–Crippen LogP) is 3.38. The summed E-state index contributed by atoms with van der Waals surface area (Å²) in [5, 5.41) is 12.9. The molecule has 2 aromatic carbocycles. The standard InChI is InChI=1S/C15H16FNO/c1-11(12-6-8-14(16)9-7-12)17-10-13-4-2-3-5-15(13)18/h2-9,11,17-18H,10H2,1H3/t11-/m0/s1. The average molecular weight is 245 g/mol. The Morgan fingerprint density at radius 2 is 1.78 bits per heavy atom. The second-order valence-electron chi connectivity index (χ2n) is 4.28. The minimum Gasteiger partial charge on any atom is -0.508 e. The topological polar surface area (TPSA) is 32.3 Å². The molecule has 1 atom stereocenters. The van der Waals surface area contributed by atoms with E-state index in [1.807, 2.05) is 19.1 Å². The zero-order valence-corrected chi connectivity index (χ0v) is 10.2. The number of nitrogens with one attached hydrogen (secondary N) is 1. The van der Waals surface area contributed by atoms with E-state index in [4.69, 9.17) is 0 Å². The van der Waals surface area contributed by atoms with Crippen LogP contribution in [-0.4, -0.2) is 5.11 Å². The van der Waals surface area contributed by atoms with Crippen molar-refractivity contribution in [1.82, 2.24) is 5.32 Å². The van der Waals surface area contributed by atoms with E-state index >= 15 is 0 Å². The summed E-state index contributed by atoms with van der Waals surface area (Å²) in [4.78, 5) is 0. The van der Waals surface area contributed by atoms with E-state index in [1.54, 1.807) is 24.3 Å². The van der Waals surface area contributed by atoms with Gasteiger partial charge in [0.1, 0.15) is 11.6 Å². The van der Waals surface area contributed by atoms with Gasteiger partial charge in [0.05, 0.1) is 0 Å². The third kappa shape index (κ3) is 3.08. The first-order chi connectivity index (χ1) is 8.66. The normalized spacial score (nSPS) is 12.3. The van der Waals surface area contributed by atoms with Gasteiger partial charge < -0.3 is 10.4 Å². The Balaban J connectivity index is 1.98. The summed E-state index contributed by atoms with van der Waals surface area (Å²) in [5.41, 5.74) is 1.87. The van der Waals surface area contributed by atoms with E-state index in [0.717, 1.165) is 11.1 Å². The van der Waals surface area contributed by atoms with Crippen LogP contribution in [0, 0.1) is 5.82 Å². The maximum absolute atomic E-state index is 12.8. The van der Waals surface area contributed by atoms with Gasteiger partial charge in [-0.15, -0.1) is 0 Å². The van der Waals surface area contributed by atoms with Crippen LogP contribution in [0.25, 0.3) is 0 Å². The lowest BCUT2D eigenvalue weighted by Gasteiger charge is -2.14. The van der Waals surface area contributed by atoms with E-state index in [2.05, 4.69) is 5.32 Å². The lowest BCUT2D eigenvalue weighted by atomic mass is 10.1. The number of para-hydroxylation sites is 1. The first-order valence-corrected chi connectivity index (χ1v) is 5.92. The predicted molar refractivity (Wildman–Crippen MR) is 69.8 cm³/mol. The molecule has 0 saturated heterocycles. The Morgan fingerprint density at radius 3 is 2.44 bits per heavy atom. The molecule has 0 heterocycles. The van der Waals surface area contributed by atoms with Crippen LogP contribution in [0.2, 0.25) is 0 Å². The van der Waals surface area contributed by atoms with Crippen molar-refractivity contribution in [2.75, 3.05) is 0 Å².